The molecular formula is C9H18Cl2N2O2S2. The summed E-state index contributed by atoms with van der Waals surface area (Å²) in [6.45, 7) is 3.74. The molecule has 0 spiro atoms. The number of thiocarbonyl (C=S) groups is 2. The molecule has 0 atom stereocenters. The molecule has 0 aliphatic rings. The van der Waals surface area contributed by atoms with Crippen LogP contribution in [0.15, 0.2) is 23.2 Å². The highest BCUT2D eigenvalue weighted by molar-refractivity contribution is 7.80. The predicted molar refractivity (Wildman–Crippen MR) is 84.5 cm³/mol. The summed E-state index contributed by atoms with van der Waals surface area (Å²) in [5.41, 5.74) is 12.1. The average molecular weight is 321 g/mol. The van der Waals surface area contributed by atoms with Crippen LogP contribution in [0, 0.1) is 0 Å². The van der Waals surface area contributed by atoms with Gasteiger partial charge in [-0.25, -0.2) is 0 Å². The van der Waals surface area contributed by atoms with E-state index in [9.17, 15) is 0 Å². The molecule has 0 radical (unpaired) electrons. The van der Waals surface area contributed by atoms with Crippen LogP contribution in [0.3, 0.4) is 0 Å². The molecule has 0 rings (SSSR count). The number of nitrogens with two attached hydrogens (primary N) is 2. The number of hydrogen-bond donors (Lipinski definition) is 3. The molecule has 0 aromatic rings. The Morgan fingerprint density at radius 1 is 1.12 bits per heavy atom. The van der Waals surface area contributed by atoms with Crippen LogP contribution in [0.4, 0.5) is 0 Å². The summed E-state index contributed by atoms with van der Waals surface area (Å²) in [7, 11) is 1.43. The van der Waals surface area contributed by atoms with Gasteiger partial charge in [0.15, 0.2) is 0 Å². The van der Waals surface area contributed by atoms with Gasteiger partial charge in [0.25, 0.3) is 10.3 Å². The van der Waals surface area contributed by atoms with E-state index in [-0.39, 0.29) is 5.17 Å². The lowest BCUT2D eigenvalue weighted by Gasteiger charge is -1.85. The zero-order valence-corrected chi connectivity index (χ0v) is 13.0. The van der Waals surface area contributed by atoms with Crippen molar-refractivity contribution in [1.29, 1.82) is 0 Å². The Labute approximate surface area is 123 Å². The van der Waals surface area contributed by atoms with Gasteiger partial charge in [-0.2, -0.15) is 0 Å². The van der Waals surface area contributed by atoms with Crippen molar-refractivity contribution in [3.05, 3.63) is 23.2 Å². The molecule has 5 N–H and O–H groups in total. The van der Waals surface area contributed by atoms with Crippen LogP contribution in [0.1, 0.15) is 13.8 Å². The summed E-state index contributed by atoms with van der Waals surface area (Å²) in [4.78, 5) is 0. The van der Waals surface area contributed by atoms with Gasteiger partial charge >= 0.3 is 0 Å². The summed E-state index contributed by atoms with van der Waals surface area (Å²) in [6, 6.07) is 0. The van der Waals surface area contributed by atoms with Crippen LogP contribution in [-0.2, 0) is 4.74 Å². The number of methoxy groups -OCH3 is 1. The number of aliphatic hydroxyl groups is 1. The lowest BCUT2D eigenvalue weighted by molar-refractivity contribution is 0.408. The molecule has 0 fully saturated rings. The van der Waals surface area contributed by atoms with Gasteiger partial charge in [-0.15, -0.1) is 0 Å². The van der Waals surface area contributed by atoms with Gasteiger partial charge in [-0.3, -0.25) is 0 Å². The molecule has 0 unspecified atom stereocenters. The molecule has 0 saturated carbocycles. The lowest BCUT2D eigenvalue weighted by atomic mass is 10.8. The maximum absolute atomic E-state index is 7.56. The molecule has 0 aliphatic carbocycles. The van der Waals surface area contributed by atoms with Crippen molar-refractivity contribution in [3.8, 4) is 0 Å². The maximum atomic E-state index is 7.56. The highest BCUT2D eigenvalue weighted by atomic mass is 35.5. The second-order valence-electron chi connectivity index (χ2n) is 1.78. The summed E-state index contributed by atoms with van der Waals surface area (Å²) in [5.74, 6) is 0. The molecule has 17 heavy (non-hydrogen) atoms. The van der Waals surface area contributed by atoms with E-state index >= 15 is 0 Å². The third-order valence-corrected chi connectivity index (χ3v) is 1.12. The van der Waals surface area contributed by atoms with Crippen LogP contribution in [0.5, 0.6) is 0 Å². The SMILES string of the molecule is CC=CCl.CC=CCl.COC(N)=S.NC(O)=S. The first-order valence-corrected chi connectivity index (χ1v) is 5.77. The Bertz CT molecular complexity index is 203. The van der Waals surface area contributed by atoms with Gasteiger partial charge in [-0.1, -0.05) is 35.4 Å². The smallest absolute Gasteiger partial charge is 0.253 e. The number of ether oxygens (including phenoxy) is 1. The molecule has 102 valence electrons. The topological polar surface area (TPSA) is 81.5 Å². The quantitative estimate of drug-likeness (QED) is 0.595. The van der Waals surface area contributed by atoms with E-state index in [1.165, 1.54) is 18.2 Å². The van der Waals surface area contributed by atoms with Gasteiger partial charge in [-0.05, 0) is 49.4 Å². The minimum Gasteiger partial charge on any atom is -0.487 e. The highest BCUT2D eigenvalue weighted by Gasteiger charge is 1.69. The molecule has 4 nitrogen and oxygen atoms in total. The normalized spacial score (nSPS) is 7.82. The summed E-state index contributed by atoms with van der Waals surface area (Å²) >= 11 is 18.1. The Balaban J connectivity index is -0.0000000667. The second-order valence-corrected chi connectivity index (χ2v) is 3.10. The lowest BCUT2D eigenvalue weighted by Crippen LogP contribution is -2.08. The van der Waals surface area contributed by atoms with Crippen LogP contribution < -0.4 is 11.5 Å². The van der Waals surface area contributed by atoms with Crippen molar-refractivity contribution in [3.63, 3.8) is 0 Å². The minimum atomic E-state index is -0.500. The minimum absolute atomic E-state index is 0.0880. The number of hydrogen-bond acceptors (Lipinski definition) is 3. The van der Waals surface area contributed by atoms with E-state index in [2.05, 4.69) is 34.9 Å². The molecule has 0 aromatic carbocycles. The Kier molecular flexibility index (Phi) is 44.0. The van der Waals surface area contributed by atoms with Crippen molar-refractivity contribution >= 4 is 58.0 Å². The zero-order chi connectivity index (χ0) is 14.7. The van der Waals surface area contributed by atoms with Crippen LogP contribution in [0.25, 0.3) is 0 Å². The fraction of sp³-hybridized carbons (Fsp3) is 0.333. The molecule has 0 aliphatic heterocycles. The van der Waals surface area contributed by atoms with Crippen molar-refractivity contribution in [1.82, 2.24) is 0 Å². The average Bonchev–Trinajstić information content (AvgIpc) is 2.29. The first-order chi connectivity index (χ1) is 7.83. The van der Waals surface area contributed by atoms with Crippen LogP contribution >= 0.6 is 47.6 Å². The Morgan fingerprint density at radius 2 is 1.24 bits per heavy atom. The fourth-order valence-corrected chi connectivity index (χ4v) is 0. The maximum Gasteiger partial charge on any atom is 0.253 e. The molecule has 0 heterocycles. The van der Waals surface area contributed by atoms with Crippen molar-refractivity contribution in [2.75, 3.05) is 7.11 Å². The third kappa shape index (κ3) is 236. The summed E-state index contributed by atoms with van der Waals surface area (Å²) in [5, 5.41) is 7.15. The first-order valence-electron chi connectivity index (χ1n) is 4.08. The fourth-order valence-electron chi connectivity index (χ4n) is 0. The van der Waals surface area contributed by atoms with Gasteiger partial charge < -0.3 is 21.3 Å². The summed E-state index contributed by atoms with van der Waals surface area (Å²) in [6.07, 6.45) is 3.53. The van der Waals surface area contributed by atoms with Crippen molar-refractivity contribution < 1.29 is 9.84 Å². The number of rotatable bonds is 0. The van der Waals surface area contributed by atoms with Crippen LogP contribution in [0.2, 0.25) is 0 Å². The van der Waals surface area contributed by atoms with Gasteiger partial charge in [0.2, 0.25) is 0 Å². The van der Waals surface area contributed by atoms with E-state index < -0.39 is 5.17 Å². The van der Waals surface area contributed by atoms with Gasteiger partial charge in [0.05, 0.1) is 7.11 Å². The number of allylic oxidation sites excluding steroid dienone is 2. The van der Waals surface area contributed by atoms with Crippen molar-refractivity contribution in [2.45, 2.75) is 13.8 Å². The van der Waals surface area contributed by atoms with E-state index in [4.69, 9.17) is 34.0 Å². The molecule has 0 saturated heterocycles. The predicted octanol–water partition coefficient (Wildman–Crippen LogP) is 3.18. The van der Waals surface area contributed by atoms with E-state index in [0.29, 0.717) is 0 Å². The number of aliphatic hydroxyl groups excluding tert-OH is 1. The first kappa shape index (κ1) is 25.3. The standard InChI is InChI=1S/2C3H5Cl.C2H5NOS.CH3NOS/c2*1-2-3-4;1-4-2(3)5;2-1(3)4/h2*2-3H,1H3;1H3,(H2,3,5);(H3,2,3,4). The largest absolute Gasteiger partial charge is 0.487 e. The Hall–Kier alpha value is -0.560. The zero-order valence-electron chi connectivity index (χ0n) is 9.89. The second kappa shape index (κ2) is 29.5. The van der Waals surface area contributed by atoms with Crippen molar-refractivity contribution in [2.24, 2.45) is 11.5 Å². The van der Waals surface area contributed by atoms with Gasteiger partial charge in [0.1, 0.15) is 0 Å². The molecule has 0 bridgehead atoms. The van der Waals surface area contributed by atoms with Gasteiger partial charge in [0, 0.05) is 0 Å². The molecule has 8 heteroatoms. The van der Waals surface area contributed by atoms with E-state index in [1.54, 1.807) is 12.2 Å². The highest BCUT2D eigenvalue weighted by Crippen LogP contribution is 1.71. The molecule has 0 aromatic heterocycles. The third-order valence-electron chi connectivity index (χ3n) is 0.453. The van der Waals surface area contributed by atoms with E-state index in [1.807, 2.05) is 13.8 Å². The number of halogens is 2. The monoisotopic (exact) mass is 320 g/mol. The molecule has 0 amide bonds. The van der Waals surface area contributed by atoms with Crippen LogP contribution in [-0.4, -0.2) is 22.6 Å². The molecular weight excluding hydrogens is 303 g/mol. The Morgan fingerprint density at radius 3 is 1.24 bits per heavy atom. The van der Waals surface area contributed by atoms with E-state index in [0.717, 1.165) is 0 Å². The summed E-state index contributed by atoms with van der Waals surface area (Å²) < 4.78 is 4.26.